The van der Waals surface area contributed by atoms with E-state index in [0.29, 0.717) is 5.69 Å². The fraction of sp³-hybridized carbons (Fsp3) is 0.176. The highest BCUT2D eigenvalue weighted by atomic mass is 32.2. The van der Waals surface area contributed by atoms with E-state index in [9.17, 15) is 18.0 Å². The van der Waals surface area contributed by atoms with Gasteiger partial charge in [-0.1, -0.05) is 17.7 Å². The molecule has 8 heteroatoms. The topological polar surface area (TPSA) is 113 Å². The number of hydrogen-bond acceptors (Lipinski definition) is 5. The first-order valence-corrected chi connectivity index (χ1v) is 8.96. The van der Waals surface area contributed by atoms with E-state index >= 15 is 0 Å². The lowest BCUT2D eigenvalue weighted by Gasteiger charge is -2.08. The fourth-order valence-electron chi connectivity index (χ4n) is 1.97. The van der Waals surface area contributed by atoms with E-state index in [2.05, 4.69) is 5.32 Å². The third-order valence-electron chi connectivity index (χ3n) is 3.31. The van der Waals surface area contributed by atoms with Crippen molar-refractivity contribution in [3.63, 3.8) is 0 Å². The average molecular weight is 362 g/mol. The highest BCUT2D eigenvalue weighted by Gasteiger charge is 2.18. The summed E-state index contributed by atoms with van der Waals surface area (Å²) >= 11 is 0. The molecule has 2 aromatic rings. The molecule has 2 amide bonds. The smallest absolute Gasteiger partial charge is 0.264 e. The van der Waals surface area contributed by atoms with Gasteiger partial charge in [-0.25, -0.2) is 13.1 Å². The number of carbonyl (C=O) groups excluding carboxylic acids is 2. The fourth-order valence-corrected chi connectivity index (χ4v) is 2.99. The molecule has 132 valence electrons. The van der Waals surface area contributed by atoms with Crippen LogP contribution in [0.1, 0.15) is 18.4 Å². The number of phenols is 1. The number of benzene rings is 2. The van der Waals surface area contributed by atoms with Crippen molar-refractivity contribution in [3.8, 4) is 5.75 Å². The maximum atomic E-state index is 12.1. The average Bonchev–Trinajstić information content (AvgIpc) is 2.55. The number of nitrogens with one attached hydrogen (secondary N) is 2. The van der Waals surface area contributed by atoms with Gasteiger partial charge >= 0.3 is 0 Å². The predicted molar refractivity (Wildman–Crippen MR) is 92.5 cm³/mol. The summed E-state index contributed by atoms with van der Waals surface area (Å²) in [5.41, 5.74) is 1.37. The van der Waals surface area contributed by atoms with Gasteiger partial charge in [0.1, 0.15) is 5.75 Å². The molecule has 0 saturated heterocycles. The molecule has 0 aliphatic rings. The molecule has 7 nitrogen and oxygen atoms in total. The van der Waals surface area contributed by atoms with Crippen LogP contribution in [0.2, 0.25) is 0 Å². The maximum absolute atomic E-state index is 12.1. The molecule has 0 spiro atoms. The van der Waals surface area contributed by atoms with E-state index in [1.165, 1.54) is 36.4 Å². The summed E-state index contributed by atoms with van der Waals surface area (Å²) < 4.78 is 26.1. The Bertz CT molecular complexity index is 859. The molecule has 0 bridgehead atoms. The van der Waals surface area contributed by atoms with Gasteiger partial charge in [-0.05, 0) is 43.3 Å². The van der Waals surface area contributed by atoms with E-state index in [0.717, 1.165) is 5.56 Å². The molecule has 25 heavy (non-hydrogen) atoms. The van der Waals surface area contributed by atoms with E-state index in [-0.39, 0.29) is 23.5 Å². The number of aromatic hydroxyl groups is 1. The summed E-state index contributed by atoms with van der Waals surface area (Å²) in [4.78, 5) is 23.6. The highest BCUT2D eigenvalue weighted by Crippen LogP contribution is 2.14. The second-order valence-electron chi connectivity index (χ2n) is 5.44. The molecular weight excluding hydrogens is 344 g/mol. The number of phenolic OH excluding ortho intramolecular Hbond substituents is 1. The maximum Gasteiger partial charge on any atom is 0.264 e. The normalized spacial score (nSPS) is 10.9. The molecule has 3 N–H and O–H groups in total. The Balaban J connectivity index is 1.86. The lowest BCUT2D eigenvalue weighted by atomic mass is 10.2. The summed E-state index contributed by atoms with van der Waals surface area (Å²) in [5.74, 6) is -1.13. The Labute approximate surface area is 145 Å². The summed E-state index contributed by atoms with van der Waals surface area (Å²) in [6.07, 6.45) is -0.439. The zero-order chi connectivity index (χ0) is 18.4. The Kier molecular flexibility index (Phi) is 5.76. The summed E-state index contributed by atoms with van der Waals surface area (Å²) in [6, 6.07) is 11.9. The molecule has 0 aliphatic carbocycles. The quantitative estimate of drug-likeness (QED) is 0.680. The van der Waals surface area contributed by atoms with Gasteiger partial charge in [-0.15, -0.1) is 0 Å². The summed E-state index contributed by atoms with van der Waals surface area (Å²) in [5, 5.41) is 11.7. The molecule has 0 fully saturated rings. The minimum Gasteiger partial charge on any atom is -0.508 e. The molecule has 0 aliphatic heterocycles. The van der Waals surface area contributed by atoms with E-state index in [1.54, 1.807) is 12.1 Å². The van der Waals surface area contributed by atoms with Crippen LogP contribution in [0.15, 0.2) is 53.4 Å². The van der Waals surface area contributed by atoms with Crippen LogP contribution in [0, 0.1) is 6.92 Å². The van der Waals surface area contributed by atoms with Gasteiger partial charge in [0.15, 0.2) is 0 Å². The third kappa shape index (κ3) is 5.61. The second-order valence-corrected chi connectivity index (χ2v) is 7.12. The van der Waals surface area contributed by atoms with Crippen molar-refractivity contribution in [1.82, 2.24) is 4.72 Å². The standard InChI is InChI=1S/C17H18N2O5S/c1-12-2-8-15(9-3-12)25(23,24)19-17(22)11-10-16(21)18-13-4-6-14(20)7-5-13/h2-9,20H,10-11H2,1H3,(H,18,21)(H,19,22). The van der Waals surface area contributed by atoms with Crippen LogP contribution in [-0.4, -0.2) is 25.3 Å². The Hall–Kier alpha value is -2.87. The number of carbonyl (C=O) groups is 2. The summed E-state index contributed by atoms with van der Waals surface area (Å²) in [6.45, 7) is 1.82. The SMILES string of the molecule is Cc1ccc(S(=O)(=O)NC(=O)CCC(=O)Nc2ccc(O)cc2)cc1. The number of sulfonamides is 1. The zero-order valence-corrected chi connectivity index (χ0v) is 14.3. The van der Waals surface area contributed by atoms with Crippen LogP contribution in [-0.2, 0) is 19.6 Å². The van der Waals surface area contributed by atoms with Gasteiger partial charge in [0, 0.05) is 18.5 Å². The van der Waals surface area contributed by atoms with Gasteiger partial charge in [-0.3, -0.25) is 9.59 Å². The molecule has 0 radical (unpaired) electrons. The first-order chi connectivity index (χ1) is 11.8. The van der Waals surface area contributed by atoms with Crippen LogP contribution in [0.3, 0.4) is 0 Å². The van der Waals surface area contributed by atoms with Gasteiger partial charge in [-0.2, -0.15) is 0 Å². The van der Waals surface area contributed by atoms with Crippen molar-refractivity contribution in [2.24, 2.45) is 0 Å². The molecule has 2 rings (SSSR count). The van der Waals surface area contributed by atoms with Gasteiger partial charge < -0.3 is 10.4 Å². The molecule has 2 aromatic carbocycles. The first kappa shape index (κ1) is 18.5. The largest absolute Gasteiger partial charge is 0.508 e. The predicted octanol–water partition coefficient (Wildman–Crippen LogP) is 1.92. The highest BCUT2D eigenvalue weighted by molar-refractivity contribution is 7.90. The van der Waals surface area contributed by atoms with Crippen LogP contribution in [0.5, 0.6) is 5.75 Å². The van der Waals surface area contributed by atoms with Crippen LogP contribution in [0.4, 0.5) is 5.69 Å². The van der Waals surface area contributed by atoms with E-state index < -0.39 is 21.8 Å². The Morgan fingerprint density at radius 2 is 1.48 bits per heavy atom. The molecule has 0 unspecified atom stereocenters. The van der Waals surface area contributed by atoms with Crippen LogP contribution < -0.4 is 10.0 Å². The van der Waals surface area contributed by atoms with Crippen molar-refractivity contribution in [1.29, 1.82) is 0 Å². The van der Waals surface area contributed by atoms with Crippen molar-refractivity contribution in [2.75, 3.05) is 5.32 Å². The first-order valence-electron chi connectivity index (χ1n) is 7.47. The number of hydrogen-bond donors (Lipinski definition) is 3. The van der Waals surface area contributed by atoms with Crippen LogP contribution >= 0.6 is 0 Å². The molecule has 0 atom stereocenters. The van der Waals surface area contributed by atoms with Gasteiger partial charge in [0.05, 0.1) is 4.90 Å². The van der Waals surface area contributed by atoms with Gasteiger partial charge in [0.2, 0.25) is 11.8 Å². The monoisotopic (exact) mass is 362 g/mol. The third-order valence-corrected chi connectivity index (χ3v) is 4.70. The molecular formula is C17H18N2O5S. The Morgan fingerprint density at radius 1 is 0.920 bits per heavy atom. The lowest BCUT2D eigenvalue weighted by Crippen LogP contribution is -2.31. The number of rotatable bonds is 6. The van der Waals surface area contributed by atoms with E-state index in [4.69, 9.17) is 5.11 Å². The number of amides is 2. The van der Waals surface area contributed by atoms with E-state index in [1.807, 2.05) is 11.6 Å². The number of aryl methyl sites for hydroxylation is 1. The second kappa shape index (κ2) is 7.80. The molecule has 0 heterocycles. The van der Waals surface area contributed by atoms with Crippen molar-refractivity contribution >= 4 is 27.5 Å². The van der Waals surface area contributed by atoms with Crippen molar-refractivity contribution < 1.29 is 23.1 Å². The van der Waals surface area contributed by atoms with Crippen molar-refractivity contribution in [2.45, 2.75) is 24.7 Å². The van der Waals surface area contributed by atoms with Gasteiger partial charge in [0.25, 0.3) is 10.0 Å². The minimum absolute atomic E-state index is 0.0139. The number of anilines is 1. The Morgan fingerprint density at radius 3 is 2.08 bits per heavy atom. The summed E-state index contributed by atoms with van der Waals surface area (Å²) in [7, 11) is -3.95. The molecule has 0 aromatic heterocycles. The van der Waals surface area contributed by atoms with Crippen molar-refractivity contribution in [3.05, 3.63) is 54.1 Å². The lowest BCUT2D eigenvalue weighted by molar-refractivity contribution is -0.123. The van der Waals surface area contributed by atoms with Crippen LogP contribution in [0.25, 0.3) is 0 Å². The zero-order valence-electron chi connectivity index (χ0n) is 13.5. The minimum atomic E-state index is -3.95. The molecule has 0 saturated carbocycles.